The number of ether oxygens (including phenoxy) is 1. The molecule has 2 N–H and O–H groups in total. The number of carbonyl (C=O) groups excluding carboxylic acids is 1. The lowest BCUT2D eigenvalue weighted by Gasteiger charge is -2.31. The summed E-state index contributed by atoms with van der Waals surface area (Å²) < 4.78 is 12.1. The smallest absolute Gasteiger partial charge is 0.323 e. The number of aromatic nitrogens is 1. The molecular formula is C29H35N3O5. The average molecular weight is 506 g/mol. The van der Waals surface area contributed by atoms with Crippen molar-refractivity contribution in [3.8, 4) is 11.5 Å². The molecule has 4 rings (SSSR count). The summed E-state index contributed by atoms with van der Waals surface area (Å²) in [6.45, 7) is 4.39. The Bertz CT molecular complexity index is 1190. The maximum atomic E-state index is 12.7. The quantitative estimate of drug-likeness (QED) is 0.348. The number of urea groups is 1. The number of aryl methyl sites for hydroxylation is 2. The van der Waals surface area contributed by atoms with Crippen molar-refractivity contribution in [1.82, 2.24) is 9.88 Å². The van der Waals surface area contributed by atoms with Gasteiger partial charge in [0.25, 0.3) is 0 Å². The molecule has 1 aliphatic rings. The molecule has 1 fully saturated rings. The van der Waals surface area contributed by atoms with Crippen LogP contribution < -0.4 is 5.32 Å². The summed E-state index contributed by atoms with van der Waals surface area (Å²) in [5.74, 6) is 0.702. The van der Waals surface area contributed by atoms with Crippen LogP contribution in [0.25, 0.3) is 11.5 Å². The molecular weight excluding hydrogens is 470 g/mol. The van der Waals surface area contributed by atoms with Gasteiger partial charge in [0, 0.05) is 17.8 Å². The van der Waals surface area contributed by atoms with Crippen molar-refractivity contribution in [2.24, 2.45) is 5.92 Å². The van der Waals surface area contributed by atoms with Gasteiger partial charge < -0.3 is 24.5 Å². The predicted octanol–water partition coefficient (Wildman–Crippen LogP) is 6.04. The number of carbonyl (C=O) groups is 2. The number of oxazole rings is 1. The Morgan fingerprint density at radius 2 is 1.95 bits per heavy atom. The molecule has 1 aromatic heterocycles. The summed E-state index contributed by atoms with van der Waals surface area (Å²) in [6, 6.07) is 16.7. The van der Waals surface area contributed by atoms with Gasteiger partial charge in [0.05, 0.1) is 12.7 Å². The van der Waals surface area contributed by atoms with Crippen LogP contribution in [-0.4, -0.2) is 46.2 Å². The number of hydrogen-bond donors (Lipinski definition) is 2. The van der Waals surface area contributed by atoms with Gasteiger partial charge in [0.2, 0.25) is 5.89 Å². The van der Waals surface area contributed by atoms with Gasteiger partial charge in [-0.05, 0) is 63.3 Å². The van der Waals surface area contributed by atoms with Crippen molar-refractivity contribution in [1.29, 1.82) is 0 Å². The van der Waals surface area contributed by atoms with Crippen LogP contribution >= 0.6 is 0 Å². The Kier molecular flexibility index (Phi) is 8.95. The summed E-state index contributed by atoms with van der Waals surface area (Å²) >= 11 is 0. The molecule has 2 atom stereocenters. The van der Waals surface area contributed by atoms with Crippen LogP contribution in [-0.2, 0) is 16.1 Å². The lowest BCUT2D eigenvalue weighted by atomic mass is 9.85. The standard InChI is InChI=1S/C29H35N3O5/c1-20-8-6-10-23(16-20)28-31-26(21(2)37-28)19-36-25-13-7-9-22(17-25)14-15-32(18-27(33)34)29(35)30-24-11-4-3-5-12-24/h3-6,8,10-12,16,22,25H,7,9,13-15,17-19H2,1-2H3,(H,30,35)(H,33,34). The van der Waals surface area contributed by atoms with E-state index in [9.17, 15) is 14.7 Å². The first kappa shape index (κ1) is 26.4. The van der Waals surface area contributed by atoms with Crippen molar-refractivity contribution in [2.75, 3.05) is 18.4 Å². The van der Waals surface area contributed by atoms with Crippen molar-refractivity contribution >= 4 is 17.7 Å². The van der Waals surface area contributed by atoms with Gasteiger partial charge in [-0.2, -0.15) is 0 Å². The number of nitrogens with zero attached hydrogens (tertiary/aromatic N) is 2. The molecule has 0 bridgehead atoms. The van der Waals surface area contributed by atoms with Crippen LogP contribution in [0, 0.1) is 19.8 Å². The average Bonchev–Trinajstić information content (AvgIpc) is 3.26. The molecule has 1 heterocycles. The minimum absolute atomic E-state index is 0.100. The SMILES string of the molecule is Cc1cccc(-c2nc(COC3CCCC(CCN(CC(=O)O)C(=O)Nc4ccccc4)C3)c(C)o2)c1. The Labute approximate surface area is 217 Å². The fourth-order valence-electron chi connectivity index (χ4n) is 4.79. The molecule has 0 radical (unpaired) electrons. The highest BCUT2D eigenvalue weighted by Gasteiger charge is 2.25. The molecule has 2 aromatic carbocycles. The van der Waals surface area contributed by atoms with Gasteiger partial charge in [-0.1, -0.05) is 48.7 Å². The Morgan fingerprint density at radius 3 is 2.70 bits per heavy atom. The minimum Gasteiger partial charge on any atom is -0.480 e. The van der Waals surface area contributed by atoms with Gasteiger partial charge >= 0.3 is 12.0 Å². The molecule has 0 aliphatic heterocycles. The summed E-state index contributed by atoms with van der Waals surface area (Å²) in [6.07, 6.45) is 4.77. The van der Waals surface area contributed by atoms with Gasteiger partial charge in [0.1, 0.15) is 18.0 Å². The molecule has 8 nitrogen and oxygen atoms in total. The molecule has 2 unspecified atom stereocenters. The Balaban J connectivity index is 1.29. The van der Waals surface area contributed by atoms with Gasteiger partial charge in [-0.3, -0.25) is 4.79 Å². The summed E-state index contributed by atoms with van der Waals surface area (Å²) in [5.41, 5.74) is 3.56. The molecule has 1 saturated carbocycles. The summed E-state index contributed by atoms with van der Waals surface area (Å²) in [5, 5.41) is 12.1. The zero-order valence-electron chi connectivity index (χ0n) is 21.5. The highest BCUT2D eigenvalue weighted by Crippen LogP contribution is 2.30. The number of hydrogen-bond acceptors (Lipinski definition) is 5. The van der Waals surface area contributed by atoms with Crippen molar-refractivity contribution in [2.45, 2.75) is 58.7 Å². The molecule has 3 aromatic rings. The van der Waals surface area contributed by atoms with E-state index in [1.54, 1.807) is 12.1 Å². The highest BCUT2D eigenvalue weighted by molar-refractivity contribution is 5.91. The fraction of sp³-hybridized carbons (Fsp3) is 0.414. The molecule has 8 heteroatoms. The molecule has 0 saturated heterocycles. The molecule has 0 spiro atoms. The highest BCUT2D eigenvalue weighted by atomic mass is 16.5. The predicted molar refractivity (Wildman–Crippen MR) is 141 cm³/mol. The van der Waals surface area contributed by atoms with E-state index in [0.29, 0.717) is 30.6 Å². The van der Waals surface area contributed by atoms with E-state index < -0.39 is 12.0 Å². The number of para-hydroxylation sites is 1. The monoisotopic (exact) mass is 505 g/mol. The van der Waals surface area contributed by atoms with Crippen LogP contribution in [0.3, 0.4) is 0 Å². The number of carboxylic acid groups (broad SMARTS) is 1. The zero-order valence-corrected chi connectivity index (χ0v) is 21.5. The maximum Gasteiger partial charge on any atom is 0.323 e. The van der Waals surface area contributed by atoms with Crippen LogP contribution in [0.4, 0.5) is 10.5 Å². The lowest BCUT2D eigenvalue weighted by Crippen LogP contribution is -2.40. The second-order valence-corrected chi connectivity index (χ2v) is 9.76. The van der Waals surface area contributed by atoms with Crippen LogP contribution in [0.1, 0.15) is 49.1 Å². The van der Waals surface area contributed by atoms with Crippen molar-refractivity contribution in [3.63, 3.8) is 0 Å². The third-order valence-corrected chi connectivity index (χ3v) is 6.79. The largest absolute Gasteiger partial charge is 0.480 e. The number of rotatable bonds is 10. The summed E-state index contributed by atoms with van der Waals surface area (Å²) in [4.78, 5) is 30.1. The zero-order chi connectivity index (χ0) is 26.2. The third-order valence-electron chi connectivity index (χ3n) is 6.79. The molecule has 1 aliphatic carbocycles. The minimum atomic E-state index is -1.03. The van der Waals surface area contributed by atoms with Crippen molar-refractivity contribution < 1.29 is 23.8 Å². The number of carboxylic acids is 1. The first-order valence-electron chi connectivity index (χ1n) is 12.8. The molecule has 196 valence electrons. The second kappa shape index (κ2) is 12.5. The first-order valence-corrected chi connectivity index (χ1v) is 12.8. The Morgan fingerprint density at radius 1 is 1.14 bits per heavy atom. The number of anilines is 1. The van der Waals surface area contributed by atoms with Gasteiger partial charge in [-0.15, -0.1) is 0 Å². The van der Waals surface area contributed by atoms with E-state index >= 15 is 0 Å². The topological polar surface area (TPSA) is 105 Å². The van der Waals surface area contributed by atoms with Crippen molar-refractivity contribution in [3.05, 3.63) is 71.6 Å². The second-order valence-electron chi connectivity index (χ2n) is 9.76. The van der Waals surface area contributed by atoms with E-state index in [4.69, 9.17) is 9.15 Å². The van der Waals surface area contributed by atoms with E-state index in [1.807, 2.05) is 50.2 Å². The Hall–Kier alpha value is -3.65. The van der Waals surface area contributed by atoms with E-state index in [2.05, 4.69) is 16.4 Å². The van der Waals surface area contributed by atoms with Crippen LogP contribution in [0.2, 0.25) is 0 Å². The molecule has 37 heavy (non-hydrogen) atoms. The lowest BCUT2D eigenvalue weighted by molar-refractivity contribution is -0.137. The van der Waals surface area contributed by atoms with E-state index in [0.717, 1.165) is 54.7 Å². The van der Waals surface area contributed by atoms with E-state index in [1.165, 1.54) is 4.90 Å². The third kappa shape index (κ3) is 7.67. The van der Waals surface area contributed by atoms with Gasteiger partial charge in [-0.25, -0.2) is 9.78 Å². The maximum absolute atomic E-state index is 12.7. The number of amides is 2. The number of nitrogens with one attached hydrogen (secondary N) is 1. The first-order chi connectivity index (χ1) is 17.9. The van der Waals surface area contributed by atoms with Crippen LogP contribution in [0.15, 0.2) is 59.0 Å². The number of benzene rings is 2. The molecule has 2 amide bonds. The number of aliphatic carboxylic acids is 1. The normalized spacial score (nSPS) is 17.4. The van der Waals surface area contributed by atoms with Crippen LogP contribution in [0.5, 0.6) is 0 Å². The fourth-order valence-corrected chi connectivity index (χ4v) is 4.79. The van der Waals surface area contributed by atoms with Gasteiger partial charge in [0.15, 0.2) is 0 Å². The van der Waals surface area contributed by atoms with E-state index in [-0.39, 0.29) is 12.6 Å². The summed E-state index contributed by atoms with van der Waals surface area (Å²) in [7, 11) is 0.